The highest BCUT2D eigenvalue weighted by Gasteiger charge is 2.50. The molecule has 3 unspecified atom stereocenters. The van der Waals surface area contributed by atoms with Gasteiger partial charge in [-0.25, -0.2) is 0 Å². The van der Waals surface area contributed by atoms with Crippen molar-refractivity contribution < 1.29 is 48.8 Å². The van der Waals surface area contributed by atoms with E-state index in [0.717, 1.165) is 116 Å². The lowest BCUT2D eigenvalue weighted by Gasteiger charge is -2.42. The van der Waals surface area contributed by atoms with Gasteiger partial charge in [-0.05, 0) is 46.2 Å². The second kappa shape index (κ2) is 33.8. The predicted molar refractivity (Wildman–Crippen MR) is 244 cm³/mol. The van der Waals surface area contributed by atoms with Crippen molar-refractivity contribution >= 4 is 29.8 Å². The quantitative estimate of drug-likeness (QED) is 0.0339. The molecule has 1 amide bonds. The van der Waals surface area contributed by atoms with Crippen LogP contribution in [0.1, 0.15) is 215 Å². The summed E-state index contributed by atoms with van der Waals surface area (Å²) >= 11 is 0. The maximum absolute atomic E-state index is 13.8. The van der Waals surface area contributed by atoms with Crippen LogP contribution in [0.4, 0.5) is 0 Å². The summed E-state index contributed by atoms with van der Waals surface area (Å²) in [6.07, 6.45) is 19.4. The number of carboxylic acid groups (broad SMARTS) is 2. The number of hydrogen-bond donors (Lipinski definition) is 4. The van der Waals surface area contributed by atoms with Gasteiger partial charge in [-0.1, -0.05) is 170 Å². The summed E-state index contributed by atoms with van der Waals surface area (Å²) in [4.78, 5) is 67.8. The number of aliphatic hydroxyl groups excluding tert-OH is 1. The molecule has 0 radical (unpaired) electrons. The summed E-state index contributed by atoms with van der Waals surface area (Å²) in [5, 5.41) is 35.8. The normalized spacial score (nSPS) is 14.8. The molecule has 0 rings (SSSR count). The molecule has 4 N–H and O–H groups in total. The highest BCUT2D eigenvalue weighted by Crippen LogP contribution is 2.48. The molecule has 358 valence electrons. The zero-order valence-corrected chi connectivity index (χ0v) is 40.2. The maximum Gasteiger partial charge on any atom is 0.310 e. The third kappa shape index (κ3) is 24.6. The van der Waals surface area contributed by atoms with Crippen molar-refractivity contribution in [3.8, 4) is 0 Å². The first-order valence-corrected chi connectivity index (χ1v) is 24.4. The predicted octanol–water partition coefficient (Wildman–Crippen LogP) is 10.5. The SMILES string of the molecule is CCCCCCCCC(CCCCCC)(CC(COC(=O)CCNC(=O)[C@H](O)C(C)(C)COC(=O)CCN(C)C)C(CCCCCC)(CCCCCCCC)C(=O)O)C(=O)O. The molecule has 0 fully saturated rings. The monoisotopic (exact) mass is 869 g/mol. The summed E-state index contributed by atoms with van der Waals surface area (Å²) < 4.78 is 11.2. The summed E-state index contributed by atoms with van der Waals surface area (Å²) in [5.74, 6) is -4.37. The molecular formula is C49H92N2O10. The van der Waals surface area contributed by atoms with Crippen LogP contribution in [0, 0.1) is 22.2 Å². The Balaban J connectivity index is 6.49. The van der Waals surface area contributed by atoms with Gasteiger partial charge in [0.05, 0.1) is 36.9 Å². The minimum atomic E-state index is -1.52. The molecular weight excluding hydrogens is 777 g/mol. The fourth-order valence-electron chi connectivity index (χ4n) is 8.40. The number of hydrogen-bond acceptors (Lipinski definition) is 9. The second-order valence-electron chi connectivity index (χ2n) is 18.9. The topological polar surface area (TPSA) is 180 Å². The Morgan fingerprint density at radius 1 is 0.590 bits per heavy atom. The Hall–Kier alpha value is -2.73. The maximum atomic E-state index is 13.8. The van der Waals surface area contributed by atoms with E-state index in [1.54, 1.807) is 13.8 Å². The van der Waals surface area contributed by atoms with Crippen LogP contribution in [0.15, 0.2) is 0 Å². The molecule has 12 heteroatoms. The van der Waals surface area contributed by atoms with Gasteiger partial charge in [-0.3, -0.25) is 24.0 Å². The van der Waals surface area contributed by atoms with E-state index in [0.29, 0.717) is 45.1 Å². The lowest BCUT2D eigenvalue weighted by molar-refractivity contribution is -0.166. The fourth-order valence-corrected chi connectivity index (χ4v) is 8.40. The van der Waals surface area contributed by atoms with Gasteiger partial charge < -0.3 is 35.0 Å². The molecule has 0 bridgehead atoms. The van der Waals surface area contributed by atoms with E-state index < -0.39 is 58.1 Å². The highest BCUT2D eigenvalue weighted by molar-refractivity contribution is 5.82. The first-order chi connectivity index (χ1) is 29.0. The number of ether oxygens (including phenoxy) is 2. The Kier molecular flexibility index (Phi) is 32.3. The smallest absolute Gasteiger partial charge is 0.310 e. The lowest BCUT2D eigenvalue weighted by Crippen LogP contribution is -2.47. The number of rotatable bonds is 41. The second-order valence-corrected chi connectivity index (χ2v) is 18.9. The summed E-state index contributed by atoms with van der Waals surface area (Å²) in [7, 11) is 3.68. The van der Waals surface area contributed by atoms with Crippen molar-refractivity contribution in [2.45, 2.75) is 221 Å². The Bertz CT molecular complexity index is 1210. The van der Waals surface area contributed by atoms with Gasteiger partial charge in [0.2, 0.25) is 5.91 Å². The third-order valence-electron chi connectivity index (χ3n) is 12.7. The van der Waals surface area contributed by atoms with E-state index in [4.69, 9.17) is 9.47 Å². The van der Waals surface area contributed by atoms with E-state index in [1.807, 2.05) is 19.0 Å². The average Bonchev–Trinajstić information content (AvgIpc) is 3.22. The number of aliphatic carboxylic acids is 2. The van der Waals surface area contributed by atoms with Crippen molar-refractivity contribution in [1.82, 2.24) is 10.2 Å². The molecule has 0 aromatic rings. The number of nitrogens with zero attached hydrogens (tertiary/aromatic N) is 1. The minimum absolute atomic E-state index is 0.115. The molecule has 0 aliphatic heterocycles. The number of carboxylic acids is 2. The third-order valence-corrected chi connectivity index (χ3v) is 12.7. The van der Waals surface area contributed by atoms with Crippen LogP contribution in [0.3, 0.4) is 0 Å². The number of esters is 2. The van der Waals surface area contributed by atoms with Crippen molar-refractivity contribution in [1.29, 1.82) is 0 Å². The molecule has 0 heterocycles. The van der Waals surface area contributed by atoms with Crippen molar-refractivity contribution in [3.63, 3.8) is 0 Å². The number of carbonyl (C=O) groups excluding carboxylic acids is 3. The van der Waals surface area contributed by atoms with Gasteiger partial charge in [-0.15, -0.1) is 0 Å². The molecule has 12 nitrogen and oxygen atoms in total. The van der Waals surface area contributed by atoms with Gasteiger partial charge >= 0.3 is 23.9 Å². The standard InChI is InChI=1S/C49H92N2O10/c1-9-13-17-21-23-26-32-48(45(56)57,31-25-19-15-11-3)37-40(49(46(58)59,33-27-20-16-12-4)34-28-24-22-18-14-10-2)38-60-41(52)29-35-50-44(55)43(54)47(5,6)39-61-42(53)30-36-51(7)8/h40,43,54H,9-39H2,1-8H3,(H,50,55)(H,56,57)(H,58,59)/t40?,43-,48?,49?/m0/s1. The number of unbranched alkanes of at least 4 members (excludes halogenated alkanes) is 16. The molecule has 0 saturated heterocycles. The lowest BCUT2D eigenvalue weighted by atomic mass is 9.61. The van der Waals surface area contributed by atoms with Crippen LogP contribution in [0.2, 0.25) is 0 Å². The zero-order valence-electron chi connectivity index (χ0n) is 40.2. The average molecular weight is 869 g/mol. The van der Waals surface area contributed by atoms with Gasteiger partial charge in [-0.2, -0.15) is 0 Å². The molecule has 4 atom stereocenters. The summed E-state index contributed by atoms with van der Waals surface area (Å²) in [5.41, 5.74) is -3.52. The van der Waals surface area contributed by atoms with Crippen molar-refractivity contribution in [3.05, 3.63) is 0 Å². The zero-order chi connectivity index (χ0) is 46.2. The van der Waals surface area contributed by atoms with Crippen LogP contribution >= 0.6 is 0 Å². The first kappa shape index (κ1) is 58.3. The van der Waals surface area contributed by atoms with E-state index in [-0.39, 0.29) is 39.0 Å². The summed E-state index contributed by atoms with van der Waals surface area (Å²) in [6, 6.07) is 0. The van der Waals surface area contributed by atoms with Gasteiger partial charge in [0.15, 0.2) is 0 Å². The molecule has 0 spiro atoms. The van der Waals surface area contributed by atoms with E-state index in [1.165, 1.54) is 0 Å². The molecule has 0 aliphatic rings. The van der Waals surface area contributed by atoms with E-state index >= 15 is 0 Å². The number of carbonyl (C=O) groups is 5. The van der Waals surface area contributed by atoms with Crippen LogP contribution < -0.4 is 5.32 Å². The number of amides is 1. The van der Waals surface area contributed by atoms with Gasteiger partial charge in [0, 0.05) is 24.4 Å². The minimum Gasteiger partial charge on any atom is -0.481 e. The molecule has 61 heavy (non-hydrogen) atoms. The van der Waals surface area contributed by atoms with Crippen LogP contribution in [-0.2, 0) is 33.4 Å². The van der Waals surface area contributed by atoms with Crippen molar-refractivity contribution in [2.75, 3.05) is 40.4 Å². The van der Waals surface area contributed by atoms with Crippen molar-refractivity contribution in [2.24, 2.45) is 22.2 Å². The molecule has 0 aromatic heterocycles. The number of nitrogens with one attached hydrogen (secondary N) is 1. The Labute approximate surface area is 371 Å². The van der Waals surface area contributed by atoms with E-state index in [9.17, 15) is 39.3 Å². The summed E-state index contributed by atoms with van der Waals surface area (Å²) in [6.45, 7) is 11.8. The Morgan fingerprint density at radius 3 is 1.46 bits per heavy atom. The Morgan fingerprint density at radius 2 is 1.02 bits per heavy atom. The van der Waals surface area contributed by atoms with Gasteiger partial charge in [0.1, 0.15) is 6.10 Å². The largest absolute Gasteiger partial charge is 0.481 e. The molecule has 0 aliphatic carbocycles. The first-order valence-electron chi connectivity index (χ1n) is 24.4. The highest BCUT2D eigenvalue weighted by atomic mass is 16.5. The number of aliphatic hydroxyl groups is 1. The molecule has 0 aromatic carbocycles. The van der Waals surface area contributed by atoms with Gasteiger partial charge in [0.25, 0.3) is 0 Å². The van der Waals surface area contributed by atoms with Crippen LogP contribution in [0.5, 0.6) is 0 Å². The van der Waals surface area contributed by atoms with Crippen LogP contribution in [0.25, 0.3) is 0 Å². The molecule has 0 saturated carbocycles. The van der Waals surface area contributed by atoms with E-state index in [2.05, 4.69) is 33.0 Å². The van der Waals surface area contributed by atoms with Crippen LogP contribution in [-0.4, -0.2) is 96.5 Å². The fraction of sp³-hybridized carbons (Fsp3) is 0.898.